The number of methoxy groups -OCH3 is 1. The summed E-state index contributed by atoms with van der Waals surface area (Å²) in [5.41, 5.74) is 0.0977. The fraction of sp³-hybridized carbons (Fsp3) is 0.250. The number of aromatic nitrogens is 1. The van der Waals surface area contributed by atoms with Crippen molar-refractivity contribution in [3.05, 3.63) is 62.6 Å². The molecule has 1 aromatic heterocycles. The van der Waals surface area contributed by atoms with Gasteiger partial charge in [0.25, 0.3) is 11.2 Å². The largest absolute Gasteiger partial charge is 0.497 e. The molecular formula is C16H17N3O5. The highest BCUT2D eigenvalue weighted by Crippen LogP contribution is 2.19. The Hall–Kier alpha value is -3.16. The lowest BCUT2D eigenvalue weighted by molar-refractivity contribution is -0.386. The Morgan fingerprint density at radius 2 is 1.96 bits per heavy atom. The fourth-order valence-corrected chi connectivity index (χ4v) is 2.17. The molecule has 0 saturated carbocycles. The van der Waals surface area contributed by atoms with E-state index in [4.69, 9.17) is 4.74 Å². The minimum atomic E-state index is -0.904. The fourth-order valence-electron chi connectivity index (χ4n) is 2.17. The molecule has 0 aliphatic rings. The number of nitrogens with zero attached hydrogens (tertiary/aromatic N) is 2. The Bertz CT molecular complexity index is 827. The average molecular weight is 331 g/mol. The maximum atomic E-state index is 12.3. The smallest absolute Gasteiger partial charge is 0.288 e. The number of aryl methyl sites for hydroxylation is 1. The van der Waals surface area contributed by atoms with E-state index in [0.29, 0.717) is 11.4 Å². The Labute approximate surface area is 137 Å². The minimum Gasteiger partial charge on any atom is -0.497 e. The van der Waals surface area contributed by atoms with Gasteiger partial charge in [-0.05, 0) is 38.1 Å². The van der Waals surface area contributed by atoms with Crippen LogP contribution >= 0.6 is 0 Å². The number of carbonyl (C=O) groups excluding carboxylic acids is 1. The zero-order chi connectivity index (χ0) is 17.9. The predicted octanol–water partition coefficient (Wildman–Crippen LogP) is 2.27. The van der Waals surface area contributed by atoms with Crippen molar-refractivity contribution in [1.29, 1.82) is 0 Å². The SMILES string of the molecule is COc1ccc(NC(=O)C(C)n2cc([N+](=O)[O-])c(C)cc2=O)cc1. The van der Waals surface area contributed by atoms with E-state index < -0.39 is 22.4 Å². The molecule has 0 radical (unpaired) electrons. The number of rotatable bonds is 5. The lowest BCUT2D eigenvalue weighted by atomic mass is 10.2. The van der Waals surface area contributed by atoms with E-state index in [-0.39, 0.29) is 11.3 Å². The first-order valence-corrected chi connectivity index (χ1v) is 7.15. The van der Waals surface area contributed by atoms with Gasteiger partial charge in [-0.1, -0.05) is 0 Å². The van der Waals surface area contributed by atoms with Gasteiger partial charge in [0.1, 0.15) is 11.8 Å². The van der Waals surface area contributed by atoms with Crippen LogP contribution in [0.5, 0.6) is 5.75 Å². The molecule has 0 aliphatic heterocycles. The van der Waals surface area contributed by atoms with E-state index in [0.717, 1.165) is 16.8 Å². The molecule has 8 nitrogen and oxygen atoms in total. The van der Waals surface area contributed by atoms with Gasteiger partial charge in [0.15, 0.2) is 0 Å². The highest BCUT2D eigenvalue weighted by molar-refractivity contribution is 5.93. The predicted molar refractivity (Wildman–Crippen MR) is 88.4 cm³/mol. The van der Waals surface area contributed by atoms with Crippen molar-refractivity contribution in [3.8, 4) is 5.75 Å². The minimum absolute atomic E-state index is 0.210. The number of ether oxygens (including phenoxy) is 1. The number of hydrogen-bond donors (Lipinski definition) is 1. The molecule has 1 unspecified atom stereocenters. The van der Waals surface area contributed by atoms with Crippen LogP contribution in [0.3, 0.4) is 0 Å². The summed E-state index contributed by atoms with van der Waals surface area (Å²) in [6.45, 7) is 2.98. The van der Waals surface area contributed by atoms with E-state index >= 15 is 0 Å². The van der Waals surface area contributed by atoms with Gasteiger partial charge < -0.3 is 10.1 Å². The quantitative estimate of drug-likeness (QED) is 0.668. The van der Waals surface area contributed by atoms with Crippen LogP contribution in [0, 0.1) is 17.0 Å². The molecule has 1 amide bonds. The van der Waals surface area contributed by atoms with E-state index in [1.165, 1.54) is 21.0 Å². The zero-order valence-electron chi connectivity index (χ0n) is 13.5. The Morgan fingerprint density at radius 1 is 1.33 bits per heavy atom. The van der Waals surface area contributed by atoms with Gasteiger partial charge in [-0.2, -0.15) is 0 Å². The van der Waals surface area contributed by atoms with Crippen molar-refractivity contribution in [2.24, 2.45) is 0 Å². The van der Waals surface area contributed by atoms with Gasteiger partial charge in [0.05, 0.1) is 18.2 Å². The van der Waals surface area contributed by atoms with Gasteiger partial charge in [-0.25, -0.2) is 0 Å². The first-order valence-electron chi connectivity index (χ1n) is 7.15. The summed E-state index contributed by atoms with van der Waals surface area (Å²) in [7, 11) is 1.53. The zero-order valence-corrected chi connectivity index (χ0v) is 13.5. The second-order valence-electron chi connectivity index (χ2n) is 5.24. The highest BCUT2D eigenvalue weighted by Gasteiger charge is 2.21. The van der Waals surface area contributed by atoms with Crippen LogP contribution in [0.15, 0.2) is 41.3 Å². The second-order valence-corrected chi connectivity index (χ2v) is 5.24. The number of nitro groups is 1. The topological polar surface area (TPSA) is 103 Å². The molecule has 1 heterocycles. The van der Waals surface area contributed by atoms with E-state index in [9.17, 15) is 19.7 Å². The molecule has 2 aromatic rings. The van der Waals surface area contributed by atoms with Crippen molar-refractivity contribution < 1.29 is 14.5 Å². The Morgan fingerprint density at radius 3 is 2.50 bits per heavy atom. The van der Waals surface area contributed by atoms with E-state index in [1.807, 2.05) is 0 Å². The lowest BCUT2D eigenvalue weighted by Gasteiger charge is -2.15. The number of benzene rings is 1. The molecule has 2 rings (SSSR count). The summed E-state index contributed by atoms with van der Waals surface area (Å²) < 4.78 is 6.08. The maximum Gasteiger partial charge on any atom is 0.288 e. The number of hydrogen-bond acceptors (Lipinski definition) is 5. The first kappa shape index (κ1) is 17.2. The van der Waals surface area contributed by atoms with Crippen LogP contribution in [0.2, 0.25) is 0 Å². The number of nitrogens with one attached hydrogen (secondary N) is 1. The third-order valence-electron chi connectivity index (χ3n) is 3.61. The summed E-state index contributed by atoms with van der Waals surface area (Å²) in [6, 6.07) is 6.92. The standard InChI is InChI=1S/C16H17N3O5/c1-10-8-15(20)18(9-14(10)19(22)23)11(2)16(21)17-12-4-6-13(24-3)7-5-12/h4-9,11H,1-3H3,(H,17,21). The molecule has 1 N–H and O–H groups in total. The second kappa shape index (κ2) is 6.95. The van der Waals surface area contributed by atoms with Crippen molar-refractivity contribution in [1.82, 2.24) is 4.57 Å². The monoisotopic (exact) mass is 331 g/mol. The van der Waals surface area contributed by atoms with Gasteiger partial charge >= 0.3 is 0 Å². The third-order valence-corrected chi connectivity index (χ3v) is 3.61. The van der Waals surface area contributed by atoms with Gasteiger partial charge in [0.2, 0.25) is 5.91 Å². The highest BCUT2D eigenvalue weighted by atomic mass is 16.6. The average Bonchev–Trinajstić information content (AvgIpc) is 2.54. The molecule has 8 heteroatoms. The summed E-state index contributed by atoms with van der Waals surface area (Å²) in [5.74, 6) is 0.187. The molecule has 0 spiro atoms. The van der Waals surface area contributed by atoms with Crippen LogP contribution in [-0.2, 0) is 4.79 Å². The third kappa shape index (κ3) is 3.60. The lowest BCUT2D eigenvalue weighted by Crippen LogP contribution is -2.31. The van der Waals surface area contributed by atoms with Crippen LogP contribution < -0.4 is 15.6 Å². The molecule has 0 bridgehead atoms. The maximum absolute atomic E-state index is 12.3. The van der Waals surface area contributed by atoms with Crippen LogP contribution in [0.4, 0.5) is 11.4 Å². The van der Waals surface area contributed by atoms with Gasteiger partial charge in [-0.15, -0.1) is 0 Å². The van der Waals surface area contributed by atoms with Crippen LogP contribution in [-0.4, -0.2) is 22.5 Å². The van der Waals surface area contributed by atoms with E-state index in [1.54, 1.807) is 24.3 Å². The number of pyridine rings is 1. The number of carbonyl (C=O) groups is 1. The van der Waals surface area contributed by atoms with E-state index in [2.05, 4.69) is 5.32 Å². The number of amides is 1. The first-order chi connectivity index (χ1) is 11.3. The summed E-state index contributed by atoms with van der Waals surface area (Å²) in [6.07, 6.45) is 1.09. The molecule has 1 atom stereocenters. The van der Waals surface area contributed by atoms with Crippen molar-refractivity contribution in [2.75, 3.05) is 12.4 Å². The van der Waals surface area contributed by atoms with Crippen molar-refractivity contribution >= 4 is 17.3 Å². The van der Waals surface area contributed by atoms with Crippen LogP contribution in [0.25, 0.3) is 0 Å². The molecule has 0 saturated heterocycles. The molecule has 1 aromatic carbocycles. The Kier molecular flexibility index (Phi) is 4.98. The molecule has 24 heavy (non-hydrogen) atoms. The summed E-state index contributed by atoms with van der Waals surface area (Å²) >= 11 is 0. The molecule has 126 valence electrons. The van der Waals surface area contributed by atoms with Gasteiger partial charge in [-0.3, -0.25) is 24.3 Å². The molecular weight excluding hydrogens is 314 g/mol. The summed E-state index contributed by atoms with van der Waals surface area (Å²) in [4.78, 5) is 34.8. The summed E-state index contributed by atoms with van der Waals surface area (Å²) in [5, 5.41) is 13.7. The van der Waals surface area contributed by atoms with Gasteiger partial charge in [0, 0.05) is 17.3 Å². The Balaban J connectivity index is 2.25. The normalized spacial score (nSPS) is 11.6. The molecule has 0 aliphatic carbocycles. The molecule has 0 fully saturated rings. The van der Waals surface area contributed by atoms with Crippen molar-refractivity contribution in [2.45, 2.75) is 19.9 Å². The van der Waals surface area contributed by atoms with Crippen molar-refractivity contribution in [3.63, 3.8) is 0 Å². The number of anilines is 1. The van der Waals surface area contributed by atoms with Crippen LogP contribution in [0.1, 0.15) is 18.5 Å².